The summed E-state index contributed by atoms with van der Waals surface area (Å²) < 4.78 is 5.94. The van der Waals surface area contributed by atoms with Gasteiger partial charge in [-0.05, 0) is 12.8 Å². The van der Waals surface area contributed by atoms with Crippen LogP contribution in [0, 0.1) is 0 Å². The molecule has 0 aromatic carbocycles. The fourth-order valence-corrected chi connectivity index (χ4v) is 3.51. The molecule has 30 heavy (non-hydrogen) atoms. The largest absolute Gasteiger partial charge is 0.481 e. The van der Waals surface area contributed by atoms with Crippen molar-refractivity contribution in [1.29, 1.82) is 0 Å². The first-order valence-corrected chi connectivity index (χ1v) is 11.5. The van der Waals surface area contributed by atoms with Crippen molar-refractivity contribution in [2.45, 2.75) is 102 Å². The molecule has 0 amide bonds. The van der Waals surface area contributed by atoms with Gasteiger partial charge in [-0.3, -0.25) is 14.4 Å². The summed E-state index contributed by atoms with van der Waals surface area (Å²) in [5.74, 6) is -1.94. The van der Waals surface area contributed by atoms with Gasteiger partial charge in [-0.15, -0.1) is 0 Å². The molecule has 2 N–H and O–H groups in total. The highest BCUT2D eigenvalue weighted by molar-refractivity contribution is 5.71. The van der Waals surface area contributed by atoms with Crippen LogP contribution in [-0.2, 0) is 19.1 Å². The maximum absolute atomic E-state index is 12.0. The molecule has 0 aromatic rings. The highest BCUT2D eigenvalue weighted by atomic mass is 16.5. The Labute approximate surface area is 182 Å². The molecule has 0 aliphatic heterocycles. The normalized spacial score (nSPS) is 12.5. The van der Waals surface area contributed by atoms with Gasteiger partial charge in [-0.25, -0.2) is 0 Å². The predicted molar refractivity (Wildman–Crippen MR) is 117 cm³/mol. The van der Waals surface area contributed by atoms with Gasteiger partial charge in [0, 0.05) is 12.8 Å². The summed E-state index contributed by atoms with van der Waals surface area (Å²) in [6.07, 6.45) is 13.0. The molecule has 0 radical (unpaired) electrons. The van der Waals surface area contributed by atoms with Crippen molar-refractivity contribution in [3.8, 4) is 0 Å². The van der Waals surface area contributed by atoms with Crippen LogP contribution in [0.3, 0.4) is 0 Å². The second kappa shape index (κ2) is 17.1. The highest BCUT2D eigenvalue weighted by Crippen LogP contribution is 2.14. The minimum Gasteiger partial charge on any atom is -0.481 e. The highest BCUT2D eigenvalue weighted by Gasteiger charge is 2.24. The lowest BCUT2D eigenvalue weighted by Gasteiger charge is -2.28. The van der Waals surface area contributed by atoms with Crippen LogP contribution in [0.25, 0.3) is 0 Å². The third-order valence-corrected chi connectivity index (χ3v) is 4.97. The van der Waals surface area contributed by atoms with E-state index in [0.717, 1.165) is 38.5 Å². The molecule has 0 saturated heterocycles. The molecule has 0 spiro atoms. The van der Waals surface area contributed by atoms with Crippen LogP contribution < -0.4 is 0 Å². The number of quaternary nitrogens is 1. The Morgan fingerprint density at radius 2 is 1.07 bits per heavy atom. The molecule has 0 rings (SSSR count). The molecule has 0 fully saturated rings. The third-order valence-electron chi connectivity index (χ3n) is 4.97. The van der Waals surface area contributed by atoms with Crippen molar-refractivity contribution in [2.75, 3.05) is 27.7 Å². The zero-order valence-corrected chi connectivity index (χ0v) is 19.4. The molecule has 0 bridgehead atoms. The van der Waals surface area contributed by atoms with Crippen molar-refractivity contribution in [3.63, 3.8) is 0 Å². The van der Waals surface area contributed by atoms with E-state index in [0.29, 0.717) is 17.4 Å². The molecule has 0 saturated carbocycles. The number of aliphatic carboxylic acids is 2. The summed E-state index contributed by atoms with van der Waals surface area (Å²) in [6.45, 7) is 0.486. The first-order chi connectivity index (χ1) is 14.1. The Bertz CT molecular complexity index is 487. The van der Waals surface area contributed by atoms with Gasteiger partial charge in [-0.2, -0.15) is 0 Å². The van der Waals surface area contributed by atoms with Gasteiger partial charge in [0.1, 0.15) is 6.54 Å². The van der Waals surface area contributed by atoms with Crippen molar-refractivity contribution in [1.82, 2.24) is 0 Å². The van der Waals surface area contributed by atoms with Gasteiger partial charge in [0.25, 0.3) is 0 Å². The molecule has 0 aliphatic carbocycles. The Balaban J connectivity index is 3.59. The number of hydrogen-bond donors (Lipinski definition) is 2. The Hall–Kier alpha value is -1.63. The van der Waals surface area contributed by atoms with Crippen LogP contribution in [0.4, 0.5) is 0 Å². The van der Waals surface area contributed by atoms with Crippen LogP contribution in [0.1, 0.15) is 96.3 Å². The van der Waals surface area contributed by atoms with Gasteiger partial charge in [-0.1, -0.05) is 64.2 Å². The van der Waals surface area contributed by atoms with Gasteiger partial charge < -0.3 is 19.4 Å². The van der Waals surface area contributed by atoms with Crippen LogP contribution >= 0.6 is 0 Å². The number of unbranched alkanes of at least 4 members (excludes halogenated alkanes) is 11. The number of carboxylic acids is 2. The van der Waals surface area contributed by atoms with Crippen molar-refractivity contribution < 1.29 is 33.8 Å². The summed E-state index contributed by atoms with van der Waals surface area (Å²) in [7, 11) is 5.85. The van der Waals surface area contributed by atoms with Gasteiger partial charge in [0.15, 0.2) is 6.10 Å². The molecule has 0 aromatic heterocycles. The Morgan fingerprint density at radius 3 is 1.43 bits per heavy atom. The number of esters is 1. The number of likely N-dealkylation sites (N-methyl/N-ethyl adjacent to an activating group) is 1. The monoisotopic (exact) mass is 430 g/mol. The number of carboxylic acid groups (broad SMARTS) is 2. The summed E-state index contributed by atoms with van der Waals surface area (Å²) in [4.78, 5) is 33.4. The van der Waals surface area contributed by atoms with E-state index in [1.54, 1.807) is 0 Å². The number of carbonyl (C=O) groups excluding carboxylic acids is 1. The zero-order chi connectivity index (χ0) is 22.8. The SMILES string of the molecule is C[N+](C)(C)CC(CC(=O)O)OC(=O)CCCCCCCCCCCCCCC(=O)O. The first-order valence-electron chi connectivity index (χ1n) is 11.5. The molecule has 0 aliphatic rings. The molecule has 7 nitrogen and oxygen atoms in total. The lowest BCUT2D eigenvalue weighted by atomic mass is 10.0. The van der Waals surface area contributed by atoms with E-state index in [-0.39, 0.29) is 18.8 Å². The minimum atomic E-state index is -0.945. The molecule has 1 unspecified atom stereocenters. The summed E-state index contributed by atoms with van der Waals surface area (Å²) in [5, 5.41) is 17.6. The van der Waals surface area contributed by atoms with E-state index in [1.165, 1.54) is 38.5 Å². The summed E-state index contributed by atoms with van der Waals surface area (Å²) >= 11 is 0. The van der Waals surface area contributed by atoms with Gasteiger partial charge in [0.2, 0.25) is 0 Å². The van der Waals surface area contributed by atoms with E-state index >= 15 is 0 Å². The Morgan fingerprint density at radius 1 is 0.667 bits per heavy atom. The molecule has 176 valence electrons. The molecular formula is C23H44NO6+. The number of rotatable bonds is 20. The molecule has 0 heterocycles. The Kier molecular flexibility index (Phi) is 16.2. The lowest BCUT2D eigenvalue weighted by molar-refractivity contribution is -0.873. The van der Waals surface area contributed by atoms with E-state index in [9.17, 15) is 14.4 Å². The summed E-state index contributed by atoms with van der Waals surface area (Å²) in [5.41, 5.74) is 0. The number of hydrogen-bond acceptors (Lipinski definition) is 4. The first kappa shape index (κ1) is 28.4. The van der Waals surface area contributed by atoms with Crippen molar-refractivity contribution >= 4 is 17.9 Å². The smallest absolute Gasteiger partial charge is 0.307 e. The number of ether oxygens (including phenoxy) is 1. The van der Waals surface area contributed by atoms with Gasteiger partial charge >= 0.3 is 17.9 Å². The van der Waals surface area contributed by atoms with E-state index < -0.39 is 18.0 Å². The quantitative estimate of drug-likeness (QED) is 0.166. The minimum absolute atomic E-state index is 0.149. The van der Waals surface area contributed by atoms with Crippen molar-refractivity contribution in [2.24, 2.45) is 0 Å². The number of nitrogens with zero attached hydrogens (tertiary/aromatic N) is 1. The van der Waals surface area contributed by atoms with Crippen LogP contribution in [0.2, 0.25) is 0 Å². The topological polar surface area (TPSA) is 101 Å². The lowest BCUT2D eigenvalue weighted by Crippen LogP contribution is -2.43. The van der Waals surface area contributed by atoms with Crippen LogP contribution in [0.15, 0.2) is 0 Å². The molecule has 7 heteroatoms. The average Bonchev–Trinajstić information content (AvgIpc) is 2.59. The van der Waals surface area contributed by atoms with Crippen molar-refractivity contribution in [3.05, 3.63) is 0 Å². The fraction of sp³-hybridized carbons (Fsp3) is 0.870. The standard InChI is InChI=1S/C23H43NO6/c1-24(2,3)19-20(18-22(27)28)30-23(29)17-15-13-11-9-7-5-4-6-8-10-12-14-16-21(25)26/h20H,4-19H2,1-3H3,(H-,25,26,27,28)/p+1. The maximum Gasteiger partial charge on any atom is 0.307 e. The van der Waals surface area contributed by atoms with Crippen LogP contribution in [0.5, 0.6) is 0 Å². The fourth-order valence-electron chi connectivity index (χ4n) is 3.51. The second-order valence-electron chi connectivity index (χ2n) is 9.32. The summed E-state index contributed by atoms with van der Waals surface area (Å²) in [6, 6.07) is 0. The second-order valence-corrected chi connectivity index (χ2v) is 9.32. The van der Waals surface area contributed by atoms with Gasteiger partial charge in [0.05, 0.1) is 27.6 Å². The molecule has 1 atom stereocenters. The van der Waals surface area contributed by atoms with E-state index in [4.69, 9.17) is 14.9 Å². The third kappa shape index (κ3) is 21.1. The zero-order valence-electron chi connectivity index (χ0n) is 19.4. The predicted octanol–water partition coefficient (Wildman–Crippen LogP) is 4.63. The maximum atomic E-state index is 12.0. The van der Waals surface area contributed by atoms with E-state index in [1.807, 2.05) is 21.1 Å². The van der Waals surface area contributed by atoms with E-state index in [2.05, 4.69) is 0 Å². The average molecular weight is 431 g/mol. The van der Waals surface area contributed by atoms with Crippen LogP contribution in [-0.4, -0.2) is 66.4 Å². The number of carbonyl (C=O) groups is 3. The molecular weight excluding hydrogens is 386 g/mol.